The van der Waals surface area contributed by atoms with E-state index in [0.717, 1.165) is 6.42 Å². The maximum absolute atomic E-state index is 12.6. The molecular formula is C18H28N4O5S. The Bertz CT molecular complexity index is 749. The van der Waals surface area contributed by atoms with Crippen molar-refractivity contribution in [3.8, 4) is 0 Å². The van der Waals surface area contributed by atoms with Gasteiger partial charge in [-0.15, -0.1) is 0 Å². The molecule has 2 bridgehead atoms. The summed E-state index contributed by atoms with van der Waals surface area (Å²) in [6.45, 7) is 1.69. The monoisotopic (exact) mass is 412 g/mol. The Hall–Kier alpha value is -1.94. The number of rotatable bonds is 9. The highest BCUT2D eigenvalue weighted by Gasteiger charge is 2.58. The molecule has 156 valence electrons. The zero-order valence-electron chi connectivity index (χ0n) is 16.3. The fourth-order valence-electron chi connectivity index (χ4n) is 4.25. The Morgan fingerprint density at radius 2 is 1.75 bits per heavy atom. The Balaban J connectivity index is 1.35. The molecule has 2 N–H and O–H groups in total. The number of nitrogens with one attached hydrogen (secondary N) is 2. The van der Waals surface area contributed by atoms with E-state index in [1.165, 1.54) is 11.2 Å². The number of likely N-dealkylation sites (tertiary alicyclic amines) is 1. The summed E-state index contributed by atoms with van der Waals surface area (Å²) in [6.07, 6.45) is 6.28. The molecule has 2 aliphatic carbocycles. The molecule has 10 heteroatoms. The van der Waals surface area contributed by atoms with Crippen LogP contribution in [0, 0.1) is 23.7 Å². The van der Waals surface area contributed by atoms with Crippen molar-refractivity contribution in [2.24, 2.45) is 28.7 Å². The number of carbonyl (C=O) groups is 2. The van der Waals surface area contributed by atoms with Crippen molar-refractivity contribution in [2.75, 3.05) is 51.9 Å². The van der Waals surface area contributed by atoms with Gasteiger partial charge in [0.25, 0.3) is 0 Å². The van der Waals surface area contributed by atoms with Crippen LogP contribution in [-0.2, 0) is 24.2 Å². The molecule has 28 heavy (non-hydrogen) atoms. The van der Waals surface area contributed by atoms with Gasteiger partial charge in [-0.1, -0.05) is 12.2 Å². The fraction of sp³-hybridized carbons (Fsp3) is 0.722. The summed E-state index contributed by atoms with van der Waals surface area (Å²) < 4.78 is 27.3. The third kappa shape index (κ3) is 4.54. The van der Waals surface area contributed by atoms with Crippen LogP contribution in [0.2, 0.25) is 0 Å². The van der Waals surface area contributed by atoms with Gasteiger partial charge >= 0.3 is 0 Å². The highest BCUT2D eigenvalue weighted by Crippen LogP contribution is 2.52. The molecule has 0 aromatic rings. The second kappa shape index (κ2) is 8.60. The minimum absolute atomic E-state index is 0.00289. The molecule has 1 saturated heterocycles. The summed E-state index contributed by atoms with van der Waals surface area (Å²) in [5, 5.41) is 6.13. The van der Waals surface area contributed by atoms with Crippen LogP contribution in [0.5, 0.6) is 0 Å². The Morgan fingerprint density at radius 1 is 1.14 bits per heavy atom. The first-order valence-corrected chi connectivity index (χ1v) is 11.6. The highest BCUT2D eigenvalue weighted by atomic mass is 32.2. The minimum atomic E-state index is -3.02. The zero-order chi connectivity index (χ0) is 20.3. The molecule has 9 nitrogen and oxygen atoms in total. The van der Waals surface area contributed by atoms with Crippen LogP contribution in [0.25, 0.3) is 0 Å². The van der Waals surface area contributed by atoms with Crippen molar-refractivity contribution in [2.45, 2.75) is 6.42 Å². The molecule has 1 saturated carbocycles. The lowest BCUT2D eigenvalue weighted by Crippen LogP contribution is -2.44. The first-order valence-electron chi connectivity index (χ1n) is 9.55. The molecule has 3 rings (SSSR count). The summed E-state index contributed by atoms with van der Waals surface area (Å²) in [5.41, 5.74) is 0. The van der Waals surface area contributed by atoms with Crippen LogP contribution in [-0.4, -0.2) is 83.0 Å². The van der Waals surface area contributed by atoms with E-state index >= 15 is 0 Å². The van der Waals surface area contributed by atoms with Crippen LogP contribution < -0.4 is 10.6 Å². The van der Waals surface area contributed by atoms with Crippen molar-refractivity contribution in [3.63, 3.8) is 0 Å². The van der Waals surface area contributed by atoms with Crippen molar-refractivity contribution in [1.82, 2.24) is 15.5 Å². The van der Waals surface area contributed by atoms with Gasteiger partial charge in [-0.25, -0.2) is 8.42 Å². The lowest BCUT2D eigenvalue weighted by atomic mass is 9.85. The number of nitrogens with zero attached hydrogens (tertiary/aromatic N) is 2. The van der Waals surface area contributed by atoms with Crippen molar-refractivity contribution in [3.05, 3.63) is 12.2 Å². The maximum atomic E-state index is 12.6. The number of imide groups is 1. The third-order valence-corrected chi connectivity index (χ3v) is 6.46. The number of carbonyl (C=O) groups excluding carboxylic acids is 2. The summed E-state index contributed by atoms with van der Waals surface area (Å²) >= 11 is 0. The Morgan fingerprint density at radius 3 is 2.32 bits per heavy atom. The first-order chi connectivity index (χ1) is 13.3. The normalized spacial score (nSPS) is 28.9. The van der Waals surface area contributed by atoms with Gasteiger partial charge in [0.2, 0.25) is 11.8 Å². The van der Waals surface area contributed by atoms with E-state index in [4.69, 9.17) is 4.74 Å². The van der Waals surface area contributed by atoms with E-state index in [0.29, 0.717) is 32.2 Å². The van der Waals surface area contributed by atoms with Gasteiger partial charge in [-0.3, -0.25) is 19.5 Å². The predicted molar refractivity (Wildman–Crippen MR) is 104 cm³/mol. The quantitative estimate of drug-likeness (QED) is 0.164. The maximum Gasteiger partial charge on any atom is 0.233 e. The summed E-state index contributed by atoms with van der Waals surface area (Å²) in [5.74, 6) is 0.562. The number of guanidine groups is 1. The number of fused-ring (bicyclic) bond motifs is 5. The summed E-state index contributed by atoms with van der Waals surface area (Å²) in [7, 11) is -1.39. The van der Waals surface area contributed by atoms with Gasteiger partial charge in [-0.05, 0) is 18.3 Å². The van der Waals surface area contributed by atoms with Gasteiger partial charge in [-0.2, -0.15) is 0 Å². The molecule has 4 unspecified atom stereocenters. The zero-order valence-corrected chi connectivity index (χ0v) is 17.1. The van der Waals surface area contributed by atoms with E-state index in [1.807, 2.05) is 0 Å². The second-order valence-electron chi connectivity index (χ2n) is 7.50. The smallest absolute Gasteiger partial charge is 0.233 e. The van der Waals surface area contributed by atoms with E-state index in [1.54, 1.807) is 7.05 Å². The SMILES string of the molecule is CN=C(NCCOCCS(C)(=O)=O)NCCN1C(=O)C2C3C=CC(C3)C2C1=O. The molecular weight excluding hydrogens is 384 g/mol. The topological polar surface area (TPSA) is 117 Å². The molecule has 0 aromatic carbocycles. The third-order valence-electron chi connectivity index (χ3n) is 5.55. The molecule has 4 atom stereocenters. The van der Waals surface area contributed by atoms with Gasteiger partial charge in [0, 0.05) is 32.9 Å². The number of amides is 2. The predicted octanol–water partition coefficient (Wildman–Crippen LogP) is -0.980. The van der Waals surface area contributed by atoms with Gasteiger partial charge in [0.15, 0.2) is 5.96 Å². The molecule has 0 aromatic heterocycles. The van der Waals surface area contributed by atoms with E-state index in [-0.39, 0.29) is 47.8 Å². The molecule has 2 amide bonds. The molecule has 0 radical (unpaired) electrons. The molecule has 0 spiro atoms. The van der Waals surface area contributed by atoms with Crippen LogP contribution in [0.15, 0.2) is 17.1 Å². The Kier molecular flexibility index (Phi) is 6.39. The number of hydrogen-bond donors (Lipinski definition) is 2. The van der Waals surface area contributed by atoms with E-state index in [9.17, 15) is 18.0 Å². The van der Waals surface area contributed by atoms with Gasteiger partial charge < -0.3 is 15.4 Å². The van der Waals surface area contributed by atoms with E-state index < -0.39 is 9.84 Å². The summed E-state index contributed by atoms with van der Waals surface area (Å²) in [6, 6.07) is 0. The Labute approximate surface area is 165 Å². The van der Waals surface area contributed by atoms with Crippen LogP contribution in [0.3, 0.4) is 0 Å². The lowest BCUT2D eigenvalue weighted by molar-refractivity contribution is -0.140. The number of allylic oxidation sites excluding steroid dienone is 2. The van der Waals surface area contributed by atoms with Crippen LogP contribution >= 0.6 is 0 Å². The molecule has 3 aliphatic rings. The van der Waals surface area contributed by atoms with Crippen molar-refractivity contribution >= 4 is 27.6 Å². The minimum Gasteiger partial charge on any atom is -0.379 e. The number of hydrogen-bond acceptors (Lipinski definition) is 6. The lowest BCUT2D eigenvalue weighted by Gasteiger charge is -2.18. The number of sulfone groups is 1. The fourth-order valence-corrected chi connectivity index (χ4v) is 4.67. The number of aliphatic imine (C=N–C) groups is 1. The average Bonchev–Trinajstić information content (AvgIpc) is 3.31. The van der Waals surface area contributed by atoms with Crippen molar-refractivity contribution in [1.29, 1.82) is 0 Å². The molecule has 1 aliphatic heterocycles. The molecule has 2 fully saturated rings. The van der Waals surface area contributed by atoms with Gasteiger partial charge in [0.05, 0.1) is 30.8 Å². The largest absolute Gasteiger partial charge is 0.379 e. The van der Waals surface area contributed by atoms with Crippen LogP contribution in [0.1, 0.15) is 6.42 Å². The standard InChI is InChI=1S/C18H28N4O5S/c1-19-18(21-6-8-27-9-10-28(2,25)26)20-5-7-22-16(23)14-12-3-4-13(11-12)15(14)17(22)24/h3-4,12-15H,5-11H2,1-2H3,(H2,19,20,21). The van der Waals surface area contributed by atoms with Crippen LogP contribution in [0.4, 0.5) is 0 Å². The average molecular weight is 413 g/mol. The van der Waals surface area contributed by atoms with Crippen molar-refractivity contribution < 1.29 is 22.7 Å². The summed E-state index contributed by atoms with van der Waals surface area (Å²) in [4.78, 5) is 30.7. The number of ether oxygens (including phenoxy) is 1. The first kappa shape index (κ1) is 20.8. The highest BCUT2D eigenvalue weighted by molar-refractivity contribution is 7.90. The second-order valence-corrected chi connectivity index (χ2v) is 9.76. The molecule has 1 heterocycles. The van der Waals surface area contributed by atoms with E-state index in [2.05, 4.69) is 27.8 Å². The van der Waals surface area contributed by atoms with Gasteiger partial charge in [0.1, 0.15) is 9.84 Å².